The Hall–Kier alpha value is -1.12. The normalized spacial score (nSPS) is 15.1. The molecule has 0 saturated heterocycles. The fourth-order valence-corrected chi connectivity index (χ4v) is 3.39. The molecule has 0 N–H and O–H groups in total. The Morgan fingerprint density at radius 3 is 2.90 bits per heavy atom. The van der Waals surface area contributed by atoms with Crippen molar-refractivity contribution in [1.29, 1.82) is 0 Å². The van der Waals surface area contributed by atoms with E-state index in [9.17, 15) is 0 Å². The molecule has 0 amide bonds. The average Bonchev–Trinajstić information content (AvgIpc) is 2.71. The van der Waals surface area contributed by atoms with Gasteiger partial charge in [0, 0.05) is 18.2 Å². The Kier molecular flexibility index (Phi) is 4.23. The molecule has 0 unspecified atom stereocenters. The number of aromatic nitrogens is 1. The van der Waals surface area contributed by atoms with Crippen LogP contribution in [0.2, 0.25) is 5.02 Å². The minimum Gasteiger partial charge on any atom is -0.384 e. The number of rotatable bonds is 3. The van der Waals surface area contributed by atoms with E-state index in [1.54, 1.807) is 7.11 Å². The summed E-state index contributed by atoms with van der Waals surface area (Å²) in [5.74, 6) is 0. The molecule has 0 spiro atoms. The highest BCUT2D eigenvalue weighted by atomic mass is 35.5. The van der Waals surface area contributed by atoms with Crippen molar-refractivity contribution in [3.63, 3.8) is 0 Å². The van der Waals surface area contributed by atoms with E-state index in [0.29, 0.717) is 0 Å². The topological polar surface area (TPSA) is 22.1 Å². The number of aryl methyl sites for hydroxylation is 1. The molecule has 3 rings (SSSR count). The minimum atomic E-state index is 0.718. The molecule has 0 radical (unpaired) electrons. The summed E-state index contributed by atoms with van der Waals surface area (Å²) in [5.41, 5.74) is 4.79. The fourth-order valence-electron chi connectivity index (χ4n) is 3.04. The lowest BCUT2D eigenvalue weighted by Crippen LogP contribution is -2.02. The van der Waals surface area contributed by atoms with Crippen LogP contribution < -0.4 is 0 Å². The second kappa shape index (κ2) is 6.11. The van der Waals surface area contributed by atoms with Crippen LogP contribution in [0.15, 0.2) is 18.2 Å². The molecule has 20 heavy (non-hydrogen) atoms. The van der Waals surface area contributed by atoms with Crippen molar-refractivity contribution in [3.05, 3.63) is 40.0 Å². The van der Waals surface area contributed by atoms with Crippen molar-refractivity contribution in [2.45, 2.75) is 38.5 Å². The molecule has 0 saturated carbocycles. The van der Waals surface area contributed by atoms with E-state index in [1.807, 2.05) is 0 Å². The maximum atomic E-state index is 6.67. The van der Waals surface area contributed by atoms with Crippen LogP contribution in [-0.4, -0.2) is 18.7 Å². The Morgan fingerprint density at radius 1 is 1.20 bits per heavy atom. The highest BCUT2D eigenvalue weighted by Gasteiger charge is 2.17. The Labute approximate surface area is 125 Å². The Balaban J connectivity index is 2.16. The van der Waals surface area contributed by atoms with Gasteiger partial charge in [0.15, 0.2) is 0 Å². The van der Waals surface area contributed by atoms with E-state index in [4.69, 9.17) is 21.3 Å². The number of nitrogens with zero attached hydrogens (tertiary/aromatic N) is 1. The molecule has 2 nitrogen and oxygen atoms in total. The summed E-state index contributed by atoms with van der Waals surface area (Å²) < 4.78 is 5.20. The van der Waals surface area contributed by atoms with E-state index < -0.39 is 0 Å². The molecular formula is C17H20ClNO. The smallest absolute Gasteiger partial charge is 0.0753 e. The SMILES string of the molecule is COCCc1cccc2c(Cl)c3c(nc12)CCCCC3. The van der Waals surface area contributed by atoms with E-state index in [2.05, 4.69) is 18.2 Å². The molecule has 0 atom stereocenters. The van der Waals surface area contributed by atoms with Crippen LogP contribution in [-0.2, 0) is 24.0 Å². The molecule has 1 aliphatic rings. The quantitative estimate of drug-likeness (QED) is 0.784. The van der Waals surface area contributed by atoms with Crippen molar-refractivity contribution in [1.82, 2.24) is 4.98 Å². The maximum Gasteiger partial charge on any atom is 0.0753 e. The van der Waals surface area contributed by atoms with Crippen molar-refractivity contribution >= 4 is 22.5 Å². The lowest BCUT2D eigenvalue weighted by molar-refractivity contribution is 0.202. The number of hydrogen-bond donors (Lipinski definition) is 0. The predicted molar refractivity (Wildman–Crippen MR) is 83.6 cm³/mol. The number of hydrogen-bond acceptors (Lipinski definition) is 2. The number of pyridine rings is 1. The van der Waals surface area contributed by atoms with Crippen molar-refractivity contribution < 1.29 is 4.74 Å². The molecule has 0 fully saturated rings. The summed E-state index contributed by atoms with van der Waals surface area (Å²) in [5, 5.41) is 2.02. The van der Waals surface area contributed by atoms with Gasteiger partial charge >= 0.3 is 0 Å². The van der Waals surface area contributed by atoms with Crippen molar-refractivity contribution in [2.75, 3.05) is 13.7 Å². The number of methoxy groups -OCH3 is 1. The van der Waals surface area contributed by atoms with Crippen LogP contribution in [0.25, 0.3) is 10.9 Å². The molecule has 1 aromatic carbocycles. The molecule has 0 bridgehead atoms. The van der Waals surface area contributed by atoms with Gasteiger partial charge < -0.3 is 4.74 Å². The van der Waals surface area contributed by atoms with Gasteiger partial charge in [-0.05, 0) is 43.2 Å². The van der Waals surface area contributed by atoms with E-state index in [-0.39, 0.29) is 0 Å². The van der Waals surface area contributed by atoms with Crippen LogP contribution in [0.5, 0.6) is 0 Å². The fraction of sp³-hybridized carbons (Fsp3) is 0.471. The molecule has 1 aromatic heterocycles. The van der Waals surface area contributed by atoms with Gasteiger partial charge in [-0.1, -0.05) is 36.2 Å². The molecule has 3 heteroatoms. The molecule has 0 aliphatic heterocycles. The summed E-state index contributed by atoms with van der Waals surface area (Å²) in [6, 6.07) is 6.30. The molecule has 106 valence electrons. The second-order valence-electron chi connectivity index (χ2n) is 5.47. The van der Waals surface area contributed by atoms with Crippen LogP contribution in [0.1, 0.15) is 36.1 Å². The van der Waals surface area contributed by atoms with Gasteiger partial charge in [0.2, 0.25) is 0 Å². The summed E-state index contributed by atoms with van der Waals surface area (Å²) in [7, 11) is 1.73. The Bertz CT molecular complexity index is 624. The summed E-state index contributed by atoms with van der Waals surface area (Å²) in [6.45, 7) is 0.718. The number of halogens is 1. The van der Waals surface area contributed by atoms with Gasteiger partial charge in [-0.25, -0.2) is 0 Å². The summed E-state index contributed by atoms with van der Waals surface area (Å²) >= 11 is 6.67. The van der Waals surface area contributed by atoms with Gasteiger partial charge in [-0.2, -0.15) is 0 Å². The highest BCUT2D eigenvalue weighted by molar-refractivity contribution is 6.36. The minimum absolute atomic E-state index is 0.718. The third kappa shape index (κ3) is 2.55. The zero-order valence-electron chi connectivity index (χ0n) is 11.9. The number of ether oxygens (including phenoxy) is 1. The average molecular weight is 290 g/mol. The Morgan fingerprint density at radius 2 is 2.05 bits per heavy atom. The van der Waals surface area contributed by atoms with Crippen LogP contribution in [0.3, 0.4) is 0 Å². The third-order valence-corrected chi connectivity index (χ3v) is 4.56. The summed E-state index contributed by atoms with van der Waals surface area (Å²) in [4.78, 5) is 4.95. The van der Waals surface area contributed by atoms with Crippen LogP contribution in [0.4, 0.5) is 0 Å². The van der Waals surface area contributed by atoms with Gasteiger partial charge in [0.25, 0.3) is 0 Å². The number of benzene rings is 1. The molecule has 2 aromatic rings. The first-order chi connectivity index (χ1) is 9.81. The molecular weight excluding hydrogens is 270 g/mol. The first-order valence-corrected chi connectivity index (χ1v) is 7.77. The second-order valence-corrected chi connectivity index (χ2v) is 5.85. The van der Waals surface area contributed by atoms with Crippen LogP contribution >= 0.6 is 11.6 Å². The molecule has 1 heterocycles. The lowest BCUT2D eigenvalue weighted by Gasteiger charge is -2.13. The maximum absolute atomic E-state index is 6.67. The van der Waals surface area contributed by atoms with Gasteiger partial charge in [-0.3, -0.25) is 4.98 Å². The van der Waals surface area contributed by atoms with E-state index in [0.717, 1.165) is 41.8 Å². The van der Waals surface area contributed by atoms with Gasteiger partial charge in [-0.15, -0.1) is 0 Å². The monoisotopic (exact) mass is 289 g/mol. The highest BCUT2D eigenvalue weighted by Crippen LogP contribution is 2.33. The first kappa shape index (κ1) is 13.8. The molecule has 1 aliphatic carbocycles. The number of fused-ring (bicyclic) bond motifs is 2. The van der Waals surface area contributed by atoms with Crippen molar-refractivity contribution in [3.8, 4) is 0 Å². The first-order valence-electron chi connectivity index (χ1n) is 7.39. The predicted octanol–water partition coefficient (Wildman–Crippen LogP) is 4.35. The largest absolute Gasteiger partial charge is 0.384 e. The zero-order chi connectivity index (χ0) is 13.9. The van der Waals surface area contributed by atoms with Crippen molar-refractivity contribution in [2.24, 2.45) is 0 Å². The van der Waals surface area contributed by atoms with Gasteiger partial charge in [0.05, 0.1) is 17.1 Å². The lowest BCUT2D eigenvalue weighted by atomic mass is 10.0. The number of para-hydroxylation sites is 1. The third-order valence-electron chi connectivity index (χ3n) is 4.13. The van der Waals surface area contributed by atoms with E-state index >= 15 is 0 Å². The zero-order valence-corrected chi connectivity index (χ0v) is 12.7. The van der Waals surface area contributed by atoms with Crippen LogP contribution in [0, 0.1) is 0 Å². The standard InChI is InChI=1S/C17H20ClNO/c1-20-11-10-12-6-5-8-14-16(18)13-7-3-2-4-9-15(13)19-17(12)14/h5-6,8H,2-4,7,9-11H2,1H3. The van der Waals surface area contributed by atoms with Gasteiger partial charge in [0.1, 0.15) is 0 Å². The summed E-state index contributed by atoms with van der Waals surface area (Å²) in [6.07, 6.45) is 6.74. The van der Waals surface area contributed by atoms with E-state index in [1.165, 1.54) is 36.1 Å².